The molecule has 5 heteroatoms. The van der Waals surface area contributed by atoms with Gasteiger partial charge in [-0.25, -0.2) is 0 Å². The molecule has 0 bridgehead atoms. The van der Waals surface area contributed by atoms with E-state index in [9.17, 15) is 4.21 Å². The summed E-state index contributed by atoms with van der Waals surface area (Å²) in [6.45, 7) is 2.08. The fraction of sp³-hybridized carbons (Fsp3) is 0.556. The summed E-state index contributed by atoms with van der Waals surface area (Å²) in [5.74, 6) is 2.20. The van der Waals surface area contributed by atoms with Crippen LogP contribution in [0.25, 0.3) is 0 Å². The minimum atomic E-state index is -0.687. The average molecular weight is 294 g/mol. The van der Waals surface area contributed by atoms with Gasteiger partial charge in [-0.1, -0.05) is 0 Å². The van der Waals surface area contributed by atoms with E-state index in [4.69, 9.17) is 0 Å². The highest BCUT2D eigenvalue weighted by atomic mass is 79.9. The molecule has 1 atom stereocenters. The molecule has 2 nitrogen and oxygen atoms in total. The zero-order chi connectivity index (χ0) is 9.97. The first-order valence-corrected chi connectivity index (χ1v) is 7.68. The number of rotatable bonds is 4. The van der Waals surface area contributed by atoms with Crippen molar-refractivity contribution in [3.8, 4) is 0 Å². The fourth-order valence-electron chi connectivity index (χ4n) is 1.38. The van der Waals surface area contributed by atoms with Crippen LogP contribution in [0.2, 0.25) is 0 Å². The molecule has 2 heterocycles. The molecule has 1 unspecified atom stereocenters. The molecule has 1 fully saturated rings. The maximum absolute atomic E-state index is 11.7. The molecule has 0 saturated carbocycles. The Morgan fingerprint density at radius 2 is 2.43 bits per heavy atom. The molecule has 1 N–H and O–H groups in total. The van der Waals surface area contributed by atoms with E-state index in [2.05, 4.69) is 27.3 Å². The lowest BCUT2D eigenvalue weighted by molar-refractivity contribution is 0.382. The first kappa shape index (κ1) is 10.8. The van der Waals surface area contributed by atoms with E-state index < -0.39 is 10.8 Å². The molecule has 1 saturated heterocycles. The van der Waals surface area contributed by atoms with E-state index in [1.54, 1.807) is 11.3 Å². The summed E-state index contributed by atoms with van der Waals surface area (Å²) in [4.78, 5) is 1.21. The summed E-state index contributed by atoms with van der Waals surface area (Å²) in [6, 6.07) is 2.06. The summed E-state index contributed by atoms with van der Waals surface area (Å²) in [7, 11) is -0.687. The SMILES string of the molecule is O=S(Cc1cc(Br)cs1)CC1CNC1. The van der Waals surface area contributed by atoms with Gasteiger partial charge in [0.05, 0.1) is 5.75 Å². The standard InChI is InChI=1S/C9H12BrNOS2/c10-8-1-9(13-4-8)6-14(12)5-7-2-11-3-7/h1,4,7,11H,2-3,5-6H2. The minimum absolute atomic E-state index is 0.638. The zero-order valence-corrected chi connectivity index (χ0v) is 10.9. The molecular formula is C9H12BrNOS2. The molecule has 1 aliphatic rings. The highest BCUT2D eigenvalue weighted by molar-refractivity contribution is 9.10. The maximum Gasteiger partial charge on any atom is 0.0580 e. The number of hydrogen-bond donors (Lipinski definition) is 1. The Kier molecular flexibility index (Phi) is 3.76. The van der Waals surface area contributed by atoms with Gasteiger partial charge in [0.1, 0.15) is 0 Å². The van der Waals surface area contributed by atoms with E-state index in [0.29, 0.717) is 11.7 Å². The van der Waals surface area contributed by atoms with Crippen molar-refractivity contribution in [2.24, 2.45) is 5.92 Å². The number of halogens is 1. The molecule has 1 aromatic rings. The van der Waals surface area contributed by atoms with Gasteiger partial charge in [-0.3, -0.25) is 4.21 Å². The highest BCUT2D eigenvalue weighted by Crippen LogP contribution is 2.21. The van der Waals surface area contributed by atoms with Gasteiger partial charge >= 0.3 is 0 Å². The fourth-order valence-corrected chi connectivity index (χ4v) is 4.56. The van der Waals surface area contributed by atoms with Gasteiger partial charge in [-0.05, 0) is 27.9 Å². The van der Waals surface area contributed by atoms with Crippen molar-refractivity contribution in [3.05, 3.63) is 20.8 Å². The topological polar surface area (TPSA) is 29.1 Å². The van der Waals surface area contributed by atoms with E-state index in [1.807, 2.05) is 5.38 Å². The van der Waals surface area contributed by atoms with Gasteiger partial charge in [0.2, 0.25) is 0 Å². The lowest BCUT2D eigenvalue weighted by atomic mass is 10.1. The van der Waals surface area contributed by atoms with Crippen LogP contribution in [-0.4, -0.2) is 23.1 Å². The summed E-state index contributed by atoms with van der Waals surface area (Å²) < 4.78 is 12.8. The van der Waals surface area contributed by atoms with E-state index in [1.165, 1.54) is 4.88 Å². The third kappa shape index (κ3) is 2.89. The summed E-state index contributed by atoms with van der Waals surface area (Å²) in [5, 5.41) is 5.23. The Bertz CT molecular complexity index is 335. The third-order valence-electron chi connectivity index (χ3n) is 2.21. The van der Waals surface area contributed by atoms with Gasteiger partial charge in [0.15, 0.2) is 0 Å². The smallest absolute Gasteiger partial charge is 0.0580 e. The Morgan fingerprint density at radius 3 is 2.93 bits per heavy atom. The predicted octanol–water partition coefficient (Wildman–Crippen LogP) is 1.98. The normalized spacial score (nSPS) is 19.2. The minimum Gasteiger partial charge on any atom is -0.316 e. The van der Waals surface area contributed by atoms with Gasteiger partial charge in [0.25, 0.3) is 0 Å². The molecule has 0 aliphatic carbocycles. The van der Waals surface area contributed by atoms with Crippen LogP contribution in [0.15, 0.2) is 15.9 Å². The van der Waals surface area contributed by atoms with Gasteiger partial charge < -0.3 is 5.32 Å². The van der Waals surface area contributed by atoms with Crippen LogP contribution in [-0.2, 0) is 16.6 Å². The third-order valence-corrected chi connectivity index (χ3v) is 5.57. The van der Waals surface area contributed by atoms with Gasteiger partial charge in [-0.15, -0.1) is 11.3 Å². The Hall–Kier alpha value is 0.290. The quantitative estimate of drug-likeness (QED) is 0.920. The monoisotopic (exact) mass is 293 g/mol. The van der Waals surface area contributed by atoms with Crippen molar-refractivity contribution in [1.82, 2.24) is 5.32 Å². The number of thiophene rings is 1. The highest BCUT2D eigenvalue weighted by Gasteiger charge is 2.19. The number of nitrogens with one attached hydrogen (secondary N) is 1. The van der Waals surface area contributed by atoms with Crippen LogP contribution in [0.3, 0.4) is 0 Å². The van der Waals surface area contributed by atoms with E-state index >= 15 is 0 Å². The van der Waals surface area contributed by atoms with Crippen LogP contribution in [0.4, 0.5) is 0 Å². The van der Waals surface area contributed by atoms with Crippen LogP contribution in [0.5, 0.6) is 0 Å². The predicted molar refractivity (Wildman–Crippen MR) is 65.1 cm³/mol. The van der Waals surface area contributed by atoms with Crippen LogP contribution >= 0.6 is 27.3 Å². The summed E-state index contributed by atoms with van der Waals surface area (Å²) in [5.41, 5.74) is 0. The average Bonchev–Trinajstić information content (AvgIpc) is 2.44. The van der Waals surface area contributed by atoms with E-state index in [-0.39, 0.29) is 0 Å². The largest absolute Gasteiger partial charge is 0.316 e. The molecule has 1 aliphatic heterocycles. The lowest BCUT2D eigenvalue weighted by Gasteiger charge is -2.26. The van der Waals surface area contributed by atoms with Gasteiger partial charge in [-0.2, -0.15) is 0 Å². The Morgan fingerprint density at radius 1 is 1.64 bits per heavy atom. The van der Waals surface area contributed by atoms with Crippen LogP contribution < -0.4 is 5.32 Å². The molecular weight excluding hydrogens is 282 g/mol. The Balaban J connectivity index is 1.81. The van der Waals surface area contributed by atoms with Crippen LogP contribution in [0.1, 0.15) is 4.88 Å². The molecule has 0 radical (unpaired) electrons. The molecule has 0 spiro atoms. The molecule has 0 aromatic carbocycles. The van der Waals surface area contributed by atoms with Crippen molar-refractivity contribution in [2.45, 2.75) is 5.75 Å². The van der Waals surface area contributed by atoms with Crippen molar-refractivity contribution in [1.29, 1.82) is 0 Å². The van der Waals surface area contributed by atoms with Gasteiger partial charge in [0, 0.05) is 44.4 Å². The summed E-state index contributed by atoms with van der Waals surface area (Å²) in [6.07, 6.45) is 0. The maximum atomic E-state index is 11.7. The van der Waals surface area contributed by atoms with Crippen molar-refractivity contribution in [2.75, 3.05) is 18.8 Å². The second-order valence-electron chi connectivity index (χ2n) is 3.51. The van der Waals surface area contributed by atoms with Crippen molar-refractivity contribution in [3.63, 3.8) is 0 Å². The first-order chi connectivity index (χ1) is 6.74. The molecule has 1 aromatic heterocycles. The summed E-state index contributed by atoms with van der Waals surface area (Å²) >= 11 is 5.07. The first-order valence-electron chi connectivity index (χ1n) is 4.52. The van der Waals surface area contributed by atoms with Crippen LogP contribution in [0, 0.1) is 5.92 Å². The molecule has 14 heavy (non-hydrogen) atoms. The second-order valence-corrected chi connectivity index (χ2v) is 6.92. The molecule has 78 valence electrons. The lowest BCUT2D eigenvalue weighted by Crippen LogP contribution is -2.44. The van der Waals surface area contributed by atoms with Crippen molar-refractivity contribution < 1.29 is 4.21 Å². The second kappa shape index (κ2) is 4.88. The van der Waals surface area contributed by atoms with E-state index in [0.717, 1.165) is 23.3 Å². The molecule has 0 amide bonds. The Labute approximate surface area is 98.7 Å². The number of hydrogen-bond acceptors (Lipinski definition) is 3. The van der Waals surface area contributed by atoms with Crippen molar-refractivity contribution >= 4 is 38.1 Å². The zero-order valence-electron chi connectivity index (χ0n) is 7.66. The molecule has 2 rings (SSSR count).